The molecule has 1 nitrogen and oxygen atoms in total. The molecule has 0 aliphatic heterocycles. The Morgan fingerprint density at radius 2 is 2.07 bits per heavy atom. The summed E-state index contributed by atoms with van der Waals surface area (Å²) in [7, 11) is 0. The highest BCUT2D eigenvalue weighted by Gasteiger charge is 2.42. The van der Waals surface area contributed by atoms with Crippen molar-refractivity contribution in [3.63, 3.8) is 0 Å². The van der Waals surface area contributed by atoms with E-state index in [4.69, 9.17) is 11.6 Å². The normalized spacial score (nSPS) is 18.2. The zero-order chi connectivity index (χ0) is 11.1. The third kappa shape index (κ3) is 2.49. The minimum Gasteiger partial charge on any atom is -0.385 e. The summed E-state index contributed by atoms with van der Waals surface area (Å²) in [5.41, 5.74) is 0.380. The first-order chi connectivity index (χ1) is 7.01. The van der Waals surface area contributed by atoms with E-state index in [-0.39, 0.29) is 0 Å². The van der Waals surface area contributed by atoms with Crippen molar-refractivity contribution in [3.05, 3.63) is 28.8 Å². The molecule has 0 radical (unpaired) electrons. The van der Waals surface area contributed by atoms with E-state index in [0.29, 0.717) is 5.25 Å². The molecular weight excluding hydrogens is 228 g/mol. The third-order valence-electron chi connectivity index (χ3n) is 2.56. The number of rotatable bonds is 3. The molecule has 0 atom stereocenters. The van der Waals surface area contributed by atoms with Crippen LogP contribution in [0, 0.1) is 0 Å². The Bertz CT molecular complexity index is 372. The Labute approximate surface area is 99.8 Å². The molecule has 1 aromatic rings. The van der Waals surface area contributed by atoms with Crippen LogP contribution >= 0.6 is 23.4 Å². The van der Waals surface area contributed by atoms with Gasteiger partial charge in [-0.25, -0.2) is 0 Å². The summed E-state index contributed by atoms with van der Waals surface area (Å²) in [4.78, 5) is 1.10. The lowest BCUT2D eigenvalue weighted by Crippen LogP contribution is -2.03. The highest BCUT2D eigenvalue weighted by Crippen LogP contribution is 2.46. The molecule has 1 fully saturated rings. The molecule has 1 aromatic carbocycles. The maximum Gasteiger partial charge on any atom is 0.0899 e. The molecule has 0 saturated heterocycles. The van der Waals surface area contributed by atoms with Crippen LogP contribution in [-0.4, -0.2) is 10.4 Å². The minimum atomic E-state index is -0.579. The Balaban J connectivity index is 2.23. The van der Waals surface area contributed by atoms with Gasteiger partial charge in [0.15, 0.2) is 0 Å². The van der Waals surface area contributed by atoms with Gasteiger partial charge in [-0.05, 0) is 30.5 Å². The fraction of sp³-hybridized carbons (Fsp3) is 0.500. The van der Waals surface area contributed by atoms with Crippen molar-refractivity contribution in [2.45, 2.75) is 42.4 Å². The van der Waals surface area contributed by atoms with Gasteiger partial charge >= 0.3 is 0 Å². The van der Waals surface area contributed by atoms with Crippen molar-refractivity contribution in [2.75, 3.05) is 0 Å². The highest BCUT2D eigenvalue weighted by molar-refractivity contribution is 8.00. The predicted molar refractivity (Wildman–Crippen MR) is 65.6 cm³/mol. The summed E-state index contributed by atoms with van der Waals surface area (Å²) in [6, 6.07) is 5.90. The van der Waals surface area contributed by atoms with E-state index in [1.165, 1.54) is 0 Å². The molecule has 0 spiro atoms. The van der Waals surface area contributed by atoms with Gasteiger partial charge in [-0.2, -0.15) is 0 Å². The number of halogens is 1. The molecule has 1 aliphatic carbocycles. The first kappa shape index (κ1) is 11.3. The van der Waals surface area contributed by atoms with E-state index in [0.717, 1.165) is 28.3 Å². The third-order valence-corrected chi connectivity index (χ3v) is 4.06. The van der Waals surface area contributed by atoms with Gasteiger partial charge in [0, 0.05) is 10.1 Å². The van der Waals surface area contributed by atoms with E-state index < -0.39 is 5.60 Å². The molecule has 0 aromatic heterocycles. The number of hydrogen-bond donors (Lipinski definition) is 1. The van der Waals surface area contributed by atoms with Gasteiger partial charge in [0.2, 0.25) is 0 Å². The highest BCUT2D eigenvalue weighted by atomic mass is 35.5. The van der Waals surface area contributed by atoms with E-state index in [1.54, 1.807) is 11.8 Å². The fourth-order valence-corrected chi connectivity index (χ4v) is 2.69. The average Bonchev–Trinajstić information content (AvgIpc) is 2.88. The predicted octanol–water partition coefficient (Wildman–Crippen LogP) is 3.82. The topological polar surface area (TPSA) is 20.2 Å². The summed E-state index contributed by atoms with van der Waals surface area (Å²) in [6.45, 7) is 4.28. The standard InChI is InChI=1S/C12H15ClOS/c1-8(2)15-11-4-3-9(7-10(11)13)12(14)5-6-12/h3-4,7-8,14H,5-6H2,1-2H3. The molecule has 2 rings (SSSR count). The van der Waals surface area contributed by atoms with E-state index in [9.17, 15) is 5.11 Å². The quantitative estimate of drug-likeness (QED) is 0.814. The van der Waals surface area contributed by atoms with Gasteiger partial charge < -0.3 is 5.11 Å². The molecule has 1 aliphatic rings. The molecular formula is C12H15ClOS. The zero-order valence-electron chi connectivity index (χ0n) is 8.96. The van der Waals surface area contributed by atoms with Gasteiger partial charge in [-0.1, -0.05) is 31.5 Å². The maximum absolute atomic E-state index is 9.93. The Morgan fingerprint density at radius 1 is 1.40 bits per heavy atom. The van der Waals surface area contributed by atoms with Gasteiger partial charge in [-0.15, -0.1) is 11.8 Å². The molecule has 3 heteroatoms. The first-order valence-corrected chi connectivity index (χ1v) is 6.46. The molecule has 1 saturated carbocycles. The van der Waals surface area contributed by atoms with Crippen molar-refractivity contribution in [2.24, 2.45) is 0 Å². The van der Waals surface area contributed by atoms with Crippen LogP contribution in [0.1, 0.15) is 32.3 Å². The van der Waals surface area contributed by atoms with Crippen molar-refractivity contribution >= 4 is 23.4 Å². The second kappa shape index (κ2) is 4.00. The van der Waals surface area contributed by atoms with Crippen LogP contribution in [0.5, 0.6) is 0 Å². The van der Waals surface area contributed by atoms with Crippen LogP contribution in [0.3, 0.4) is 0 Å². The van der Waals surface area contributed by atoms with Crippen LogP contribution in [0.25, 0.3) is 0 Å². The van der Waals surface area contributed by atoms with Crippen molar-refractivity contribution in [3.8, 4) is 0 Å². The van der Waals surface area contributed by atoms with Crippen LogP contribution in [0.15, 0.2) is 23.1 Å². The Morgan fingerprint density at radius 3 is 2.53 bits per heavy atom. The van der Waals surface area contributed by atoms with Crippen molar-refractivity contribution in [1.29, 1.82) is 0 Å². The molecule has 1 N–H and O–H groups in total. The second-order valence-electron chi connectivity index (χ2n) is 4.34. The SMILES string of the molecule is CC(C)Sc1ccc(C2(O)CC2)cc1Cl. The lowest BCUT2D eigenvalue weighted by molar-refractivity contribution is 0.151. The van der Waals surface area contributed by atoms with Gasteiger partial charge in [-0.3, -0.25) is 0 Å². The maximum atomic E-state index is 9.93. The van der Waals surface area contributed by atoms with Crippen LogP contribution < -0.4 is 0 Å². The summed E-state index contributed by atoms with van der Waals surface area (Å²) in [5, 5.41) is 11.2. The van der Waals surface area contributed by atoms with Crippen LogP contribution in [0.4, 0.5) is 0 Å². The molecule has 0 heterocycles. The number of benzene rings is 1. The molecule has 0 amide bonds. The first-order valence-electron chi connectivity index (χ1n) is 5.20. The van der Waals surface area contributed by atoms with Crippen molar-refractivity contribution < 1.29 is 5.11 Å². The van der Waals surface area contributed by atoms with Gasteiger partial charge in [0.25, 0.3) is 0 Å². The van der Waals surface area contributed by atoms with E-state index >= 15 is 0 Å². The smallest absolute Gasteiger partial charge is 0.0899 e. The zero-order valence-corrected chi connectivity index (χ0v) is 10.5. The number of thioether (sulfide) groups is 1. The fourth-order valence-electron chi connectivity index (χ4n) is 1.55. The lowest BCUT2D eigenvalue weighted by Gasteiger charge is -2.12. The molecule has 82 valence electrons. The average molecular weight is 243 g/mol. The molecule has 0 unspecified atom stereocenters. The summed E-state index contributed by atoms with van der Waals surface area (Å²) < 4.78 is 0. The Kier molecular flexibility index (Phi) is 3.02. The lowest BCUT2D eigenvalue weighted by atomic mass is 10.1. The van der Waals surface area contributed by atoms with Crippen LogP contribution in [-0.2, 0) is 5.60 Å². The van der Waals surface area contributed by atoms with Gasteiger partial charge in [0.05, 0.1) is 10.6 Å². The summed E-state index contributed by atoms with van der Waals surface area (Å²) in [5.74, 6) is 0. The largest absolute Gasteiger partial charge is 0.385 e. The number of aliphatic hydroxyl groups is 1. The minimum absolute atomic E-state index is 0.525. The second-order valence-corrected chi connectivity index (χ2v) is 6.37. The summed E-state index contributed by atoms with van der Waals surface area (Å²) >= 11 is 7.93. The van der Waals surface area contributed by atoms with E-state index in [1.807, 2.05) is 18.2 Å². The Hall–Kier alpha value is -0.180. The van der Waals surface area contributed by atoms with Crippen LogP contribution in [0.2, 0.25) is 5.02 Å². The van der Waals surface area contributed by atoms with Crippen molar-refractivity contribution in [1.82, 2.24) is 0 Å². The van der Waals surface area contributed by atoms with E-state index in [2.05, 4.69) is 13.8 Å². The molecule has 15 heavy (non-hydrogen) atoms. The number of hydrogen-bond acceptors (Lipinski definition) is 2. The molecule has 0 bridgehead atoms. The monoisotopic (exact) mass is 242 g/mol. The summed E-state index contributed by atoms with van der Waals surface area (Å²) in [6.07, 6.45) is 1.72. The van der Waals surface area contributed by atoms with Gasteiger partial charge in [0.1, 0.15) is 0 Å².